The Hall–Kier alpha value is -3.66. The molecular formula is C30H42BF2N3O4. The van der Waals surface area contributed by atoms with Gasteiger partial charge in [0.25, 0.3) is 0 Å². The maximum Gasteiger partial charge on any atom is 0.726 e. The lowest BCUT2D eigenvalue weighted by atomic mass is 10.1. The predicted molar refractivity (Wildman–Crippen MR) is 154 cm³/mol. The van der Waals surface area contributed by atoms with Gasteiger partial charge in [-0.15, -0.1) is 0 Å². The van der Waals surface area contributed by atoms with Crippen LogP contribution in [0.4, 0.5) is 8.63 Å². The van der Waals surface area contributed by atoms with Gasteiger partial charge in [-0.25, -0.2) is 4.99 Å². The summed E-state index contributed by atoms with van der Waals surface area (Å²) in [7, 11) is -4.36. The molecule has 4 rings (SSSR count). The number of allylic oxidation sites excluding steroid dienone is 3. The third-order valence-electron chi connectivity index (χ3n) is 6.32. The first kappa shape index (κ1) is 32.6. The first-order valence-electron chi connectivity index (χ1n) is 14.0. The predicted octanol–water partition coefficient (Wildman–Crippen LogP) is 4.20. The van der Waals surface area contributed by atoms with Crippen LogP contribution < -0.4 is 10.1 Å². The number of H-pyrrole nitrogens is 1. The SMILES string of the molecule is CCC[N+](CCC)(CCC)CCC.F[B-]1(F)OC(c2ccc[nH]2)=C/C(=C2/C=CC=[NH+]2)O1.O=C([O-])c1ccccc1. The summed E-state index contributed by atoms with van der Waals surface area (Å²) in [5.41, 5.74) is 1.17. The van der Waals surface area contributed by atoms with Crippen molar-refractivity contribution in [1.29, 1.82) is 0 Å². The lowest BCUT2D eigenvalue weighted by molar-refractivity contribution is -0.928. The number of rotatable bonds is 10. The van der Waals surface area contributed by atoms with E-state index in [1.54, 1.807) is 54.9 Å². The molecule has 0 bridgehead atoms. The number of quaternary nitrogens is 1. The molecule has 1 aromatic heterocycles. The van der Waals surface area contributed by atoms with Crippen molar-refractivity contribution in [3.05, 3.63) is 89.6 Å². The van der Waals surface area contributed by atoms with Gasteiger partial charge < -0.3 is 37.3 Å². The van der Waals surface area contributed by atoms with Crippen LogP contribution in [-0.2, 0) is 9.31 Å². The second-order valence-corrected chi connectivity index (χ2v) is 9.70. The van der Waals surface area contributed by atoms with Gasteiger partial charge in [0.1, 0.15) is 5.76 Å². The molecular weight excluding hydrogens is 515 g/mol. The lowest BCUT2D eigenvalue weighted by Crippen LogP contribution is -2.64. The summed E-state index contributed by atoms with van der Waals surface area (Å²) in [5, 5.41) is 10.1. The van der Waals surface area contributed by atoms with E-state index >= 15 is 0 Å². The van der Waals surface area contributed by atoms with Crippen molar-refractivity contribution in [3.63, 3.8) is 0 Å². The minimum Gasteiger partial charge on any atom is -0.626 e. The smallest absolute Gasteiger partial charge is 0.626 e. The van der Waals surface area contributed by atoms with Crippen LogP contribution in [0.15, 0.2) is 78.3 Å². The molecule has 0 unspecified atom stereocenters. The van der Waals surface area contributed by atoms with E-state index in [0.29, 0.717) is 11.4 Å². The number of carbonyl (C=O) groups excluding carboxylic acids is 1. The monoisotopic (exact) mass is 557 g/mol. The fourth-order valence-electron chi connectivity index (χ4n) is 4.90. The van der Waals surface area contributed by atoms with E-state index in [1.165, 1.54) is 74.6 Å². The average molecular weight is 557 g/mol. The molecule has 0 amide bonds. The van der Waals surface area contributed by atoms with Crippen molar-refractivity contribution in [2.45, 2.75) is 53.4 Å². The maximum atomic E-state index is 13.4. The van der Waals surface area contributed by atoms with Crippen LogP contribution in [0.1, 0.15) is 69.4 Å². The summed E-state index contributed by atoms with van der Waals surface area (Å²) in [6, 6.07) is 11.4. The summed E-state index contributed by atoms with van der Waals surface area (Å²) in [6.45, 7) is 14.8. The van der Waals surface area contributed by atoms with Crippen LogP contribution in [-0.4, -0.2) is 54.9 Å². The Morgan fingerprint density at radius 1 is 0.925 bits per heavy atom. The van der Waals surface area contributed by atoms with Crippen LogP contribution >= 0.6 is 0 Å². The molecule has 7 nitrogen and oxygen atoms in total. The number of aromatic nitrogens is 1. The van der Waals surface area contributed by atoms with E-state index in [-0.39, 0.29) is 17.1 Å². The Bertz CT molecular complexity index is 1120. The topological polar surface area (TPSA) is 88.3 Å². The fraction of sp³-hybridized carbons (Fsp3) is 0.400. The third-order valence-corrected chi connectivity index (χ3v) is 6.32. The largest absolute Gasteiger partial charge is 0.726 e. The molecule has 3 heterocycles. The van der Waals surface area contributed by atoms with E-state index in [0.717, 1.165) is 0 Å². The molecule has 2 N–H and O–H groups in total. The summed E-state index contributed by atoms with van der Waals surface area (Å²) in [6.07, 6.45) is 13.4. The summed E-state index contributed by atoms with van der Waals surface area (Å²) in [4.78, 5) is 15.7. The summed E-state index contributed by atoms with van der Waals surface area (Å²) in [5.74, 6) is -1.02. The molecule has 0 saturated heterocycles. The zero-order chi connectivity index (χ0) is 29.4. The van der Waals surface area contributed by atoms with E-state index < -0.39 is 13.1 Å². The van der Waals surface area contributed by atoms with Crippen molar-refractivity contribution in [2.75, 3.05) is 26.2 Å². The van der Waals surface area contributed by atoms with Crippen molar-refractivity contribution in [2.24, 2.45) is 0 Å². The highest BCUT2D eigenvalue weighted by molar-refractivity contribution is 6.53. The highest BCUT2D eigenvalue weighted by Crippen LogP contribution is 2.31. The second-order valence-electron chi connectivity index (χ2n) is 9.70. The van der Waals surface area contributed by atoms with Crippen LogP contribution in [0.5, 0.6) is 0 Å². The number of hydrogen-bond donors (Lipinski definition) is 2. The highest BCUT2D eigenvalue weighted by Gasteiger charge is 2.39. The van der Waals surface area contributed by atoms with E-state index in [4.69, 9.17) is 0 Å². The number of halogens is 2. The van der Waals surface area contributed by atoms with Crippen LogP contribution in [0.2, 0.25) is 0 Å². The molecule has 218 valence electrons. The molecule has 10 heteroatoms. The molecule has 40 heavy (non-hydrogen) atoms. The van der Waals surface area contributed by atoms with Gasteiger partial charge in [-0.3, -0.25) is 0 Å². The number of aromatic amines is 1. The molecule has 0 radical (unpaired) electrons. The minimum absolute atomic E-state index is 0.0563. The van der Waals surface area contributed by atoms with Gasteiger partial charge in [-0.2, -0.15) is 0 Å². The Morgan fingerprint density at radius 2 is 1.52 bits per heavy atom. The lowest BCUT2D eigenvalue weighted by Gasteiger charge is -2.38. The van der Waals surface area contributed by atoms with Gasteiger partial charge in [0, 0.05) is 24.4 Å². The number of carboxylic acid groups (broad SMARTS) is 1. The number of carbonyl (C=O) groups is 1. The molecule has 2 aliphatic rings. The van der Waals surface area contributed by atoms with E-state index in [2.05, 4.69) is 47.0 Å². The number of nitrogens with zero attached hydrogens (tertiary/aromatic N) is 1. The van der Waals surface area contributed by atoms with Crippen LogP contribution in [0.25, 0.3) is 5.76 Å². The molecule has 0 saturated carbocycles. The number of hydrogen-bond acceptors (Lipinski definition) is 4. The van der Waals surface area contributed by atoms with Crippen molar-refractivity contribution >= 4 is 25.0 Å². The van der Waals surface area contributed by atoms with Crippen LogP contribution in [0.3, 0.4) is 0 Å². The quantitative estimate of drug-likeness (QED) is 0.339. The Balaban J connectivity index is 0.000000225. The number of nitrogens with one attached hydrogen (secondary N) is 2. The normalized spacial score (nSPS) is 17.0. The molecule has 0 fully saturated rings. The van der Waals surface area contributed by atoms with Crippen molar-refractivity contribution in [3.8, 4) is 0 Å². The first-order chi connectivity index (χ1) is 19.2. The van der Waals surface area contributed by atoms with Gasteiger partial charge in [-0.05, 0) is 43.4 Å². The molecule has 2 aromatic rings. The first-order valence-corrected chi connectivity index (χ1v) is 14.0. The maximum absolute atomic E-state index is 13.4. The number of benzene rings is 1. The number of aromatic carboxylic acids is 1. The molecule has 2 aliphatic heterocycles. The average Bonchev–Trinajstić information content (AvgIpc) is 3.65. The summed E-state index contributed by atoms with van der Waals surface area (Å²) < 4.78 is 37.3. The van der Waals surface area contributed by atoms with Crippen molar-refractivity contribution < 1.29 is 37.3 Å². The van der Waals surface area contributed by atoms with Gasteiger partial charge >= 0.3 is 7.11 Å². The van der Waals surface area contributed by atoms with Crippen LogP contribution in [0, 0.1) is 0 Å². The zero-order valence-electron chi connectivity index (χ0n) is 24.0. The van der Waals surface area contributed by atoms with Crippen molar-refractivity contribution in [1.82, 2.24) is 4.98 Å². The van der Waals surface area contributed by atoms with Gasteiger partial charge in [-0.1, -0.05) is 58.0 Å². The van der Waals surface area contributed by atoms with Gasteiger partial charge in [0.05, 0.1) is 37.8 Å². The Labute approximate surface area is 236 Å². The molecule has 0 spiro atoms. The third kappa shape index (κ3) is 10.5. The molecule has 0 aliphatic carbocycles. The van der Waals surface area contributed by atoms with Gasteiger partial charge in [0.15, 0.2) is 12.0 Å². The Morgan fingerprint density at radius 3 is 1.95 bits per heavy atom. The zero-order valence-corrected chi connectivity index (χ0v) is 24.0. The van der Waals surface area contributed by atoms with Gasteiger partial charge in [0.2, 0.25) is 5.70 Å². The molecule has 1 aromatic carbocycles. The summed E-state index contributed by atoms with van der Waals surface area (Å²) >= 11 is 0. The molecule has 0 atom stereocenters. The van der Waals surface area contributed by atoms with E-state index in [9.17, 15) is 18.5 Å². The Kier molecular flexibility index (Phi) is 13.4. The fourth-order valence-corrected chi connectivity index (χ4v) is 4.90. The highest BCUT2D eigenvalue weighted by atomic mass is 19.3. The van der Waals surface area contributed by atoms with E-state index in [1.807, 2.05) is 0 Å². The minimum atomic E-state index is -4.36. The standard InChI is InChI=1S/C12H28N.C11H8BF2N2O2.C7H6O2/c1-5-9-13(10-6-2,11-7-3)12-8-4;13-12(14)17-10(8-3-1-5-15-8)7-11(18-12)9-4-2-6-16-9;8-7(9)6-4-2-1-3-5-6/h5-12H2,1-4H3;1-7,15H;1-5H,(H,8,9)/q+1;-1;/b;11-9+;. The number of carboxylic acids is 1. The second kappa shape index (κ2) is 16.4.